The second-order valence-corrected chi connectivity index (χ2v) is 9.09. The van der Waals surface area contributed by atoms with Crippen LogP contribution in [0.25, 0.3) is 0 Å². The summed E-state index contributed by atoms with van der Waals surface area (Å²) in [5.74, 6) is -4.21. The monoisotopic (exact) mass is 527 g/mol. The number of rotatable bonds is 7. The van der Waals surface area contributed by atoms with E-state index < -0.39 is 58.8 Å². The number of alkyl halides is 3. The first kappa shape index (κ1) is 26.8. The minimum atomic E-state index is -5.07. The molecule has 1 unspecified atom stereocenters. The number of amides is 2. The SMILES string of the molecule is CC[C@@H]1CC[C@H](C(=O)NC(c2cc(F)c(C(F)(F)F)cc2F)C2COC2)N1C(=O)c1ccnc(OC)c1. The Hall–Kier alpha value is -3.28. The van der Waals surface area contributed by atoms with Crippen LogP contribution in [0.3, 0.4) is 0 Å². The number of pyridine rings is 1. The van der Waals surface area contributed by atoms with Crippen LogP contribution in [0.4, 0.5) is 22.0 Å². The van der Waals surface area contributed by atoms with Crippen molar-refractivity contribution < 1.29 is 41.0 Å². The Morgan fingerprint density at radius 2 is 1.92 bits per heavy atom. The van der Waals surface area contributed by atoms with Gasteiger partial charge in [0.15, 0.2) is 0 Å². The molecular weight excluding hydrogens is 501 g/mol. The topological polar surface area (TPSA) is 80.8 Å². The van der Waals surface area contributed by atoms with Crippen LogP contribution in [0, 0.1) is 17.6 Å². The lowest BCUT2D eigenvalue weighted by atomic mass is 9.90. The number of benzene rings is 1. The number of ether oxygens (including phenoxy) is 2. The van der Waals surface area contributed by atoms with Gasteiger partial charge in [-0.2, -0.15) is 13.2 Å². The molecule has 3 heterocycles. The van der Waals surface area contributed by atoms with E-state index in [0.717, 1.165) is 0 Å². The quantitative estimate of drug-likeness (QED) is 0.544. The molecule has 4 rings (SSSR count). The molecule has 0 bridgehead atoms. The Morgan fingerprint density at radius 1 is 1.19 bits per heavy atom. The number of halogens is 5. The first-order valence-electron chi connectivity index (χ1n) is 11.8. The van der Waals surface area contributed by atoms with Crippen LogP contribution in [0.15, 0.2) is 30.5 Å². The molecule has 2 amide bonds. The van der Waals surface area contributed by atoms with Crippen LogP contribution in [-0.2, 0) is 15.7 Å². The van der Waals surface area contributed by atoms with Crippen molar-refractivity contribution in [3.05, 3.63) is 58.8 Å². The summed E-state index contributed by atoms with van der Waals surface area (Å²) in [6.45, 7) is 2.09. The third-order valence-corrected chi connectivity index (χ3v) is 6.86. The molecule has 37 heavy (non-hydrogen) atoms. The smallest absolute Gasteiger partial charge is 0.419 e. The minimum Gasteiger partial charge on any atom is -0.481 e. The van der Waals surface area contributed by atoms with E-state index in [1.807, 2.05) is 6.92 Å². The molecule has 1 aromatic heterocycles. The second kappa shape index (κ2) is 10.6. The lowest BCUT2D eigenvalue weighted by Gasteiger charge is -2.36. The maximum atomic E-state index is 14.8. The summed E-state index contributed by atoms with van der Waals surface area (Å²) in [5.41, 5.74) is -1.87. The third kappa shape index (κ3) is 5.39. The molecule has 1 aromatic carbocycles. The van der Waals surface area contributed by atoms with Gasteiger partial charge in [0.1, 0.15) is 17.7 Å². The highest BCUT2D eigenvalue weighted by Gasteiger charge is 2.43. The van der Waals surface area contributed by atoms with Gasteiger partial charge >= 0.3 is 6.18 Å². The van der Waals surface area contributed by atoms with Crippen molar-refractivity contribution in [3.8, 4) is 5.88 Å². The normalized spacial score (nSPS) is 20.9. The Bertz CT molecular complexity index is 1170. The Morgan fingerprint density at radius 3 is 2.51 bits per heavy atom. The number of methoxy groups -OCH3 is 1. The van der Waals surface area contributed by atoms with E-state index in [2.05, 4.69) is 10.3 Å². The van der Waals surface area contributed by atoms with Crippen molar-refractivity contribution >= 4 is 11.8 Å². The molecule has 2 aromatic rings. The third-order valence-electron chi connectivity index (χ3n) is 6.86. The fraction of sp³-hybridized carbons (Fsp3) is 0.480. The molecule has 0 radical (unpaired) electrons. The van der Waals surface area contributed by atoms with E-state index in [1.165, 1.54) is 30.3 Å². The summed E-state index contributed by atoms with van der Waals surface area (Å²) < 4.78 is 78.5. The minimum absolute atomic E-state index is 0.0959. The zero-order valence-corrected chi connectivity index (χ0v) is 20.1. The van der Waals surface area contributed by atoms with Crippen molar-refractivity contribution in [2.45, 2.75) is 50.5 Å². The van der Waals surface area contributed by atoms with Gasteiger partial charge in [-0.1, -0.05) is 6.92 Å². The van der Waals surface area contributed by atoms with E-state index in [4.69, 9.17) is 9.47 Å². The first-order chi connectivity index (χ1) is 17.5. The average molecular weight is 527 g/mol. The summed E-state index contributed by atoms with van der Waals surface area (Å²) in [7, 11) is 1.41. The molecule has 3 atom stereocenters. The molecule has 12 heteroatoms. The van der Waals surface area contributed by atoms with E-state index >= 15 is 0 Å². The summed E-state index contributed by atoms with van der Waals surface area (Å²) in [5, 5.41) is 2.67. The largest absolute Gasteiger partial charge is 0.481 e. The standard InChI is InChI=1S/C25H26F5N3O4/c1-3-15-4-5-20(33(15)24(35)13-6-7-31-21(8-13)36-2)23(34)32-22(14-11-37-12-14)16-9-19(27)17(10-18(16)26)25(28,29)30/h6-10,14-15,20,22H,3-5,11-12H2,1-2H3,(H,32,34)/t15-,20-,22?/m1/s1. The van der Waals surface area contributed by atoms with E-state index in [-0.39, 0.29) is 36.8 Å². The molecular formula is C25H26F5N3O4. The number of carbonyl (C=O) groups excluding carboxylic acids is 2. The molecule has 7 nitrogen and oxygen atoms in total. The Labute approximate surface area is 209 Å². The van der Waals surface area contributed by atoms with Gasteiger partial charge in [-0.15, -0.1) is 0 Å². The predicted octanol–water partition coefficient (Wildman–Crippen LogP) is 4.27. The maximum Gasteiger partial charge on any atom is 0.419 e. The van der Waals surface area contributed by atoms with Crippen LogP contribution >= 0.6 is 0 Å². The zero-order valence-electron chi connectivity index (χ0n) is 20.1. The van der Waals surface area contributed by atoms with Gasteiger partial charge in [-0.25, -0.2) is 13.8 Å². The number of carbonyl (C=O) groups is 2. The molecule has 2 saturated heterocycles. The highest BCUT2D eigenvalue weighted by molar-refractivity contribution is 5.98. The zero-order chi connectivity index (χ0) is 26.9. The van der Waals surface area contributed by atoms with Gasteiger partial charge in [0.2, 0.25) is 11.8 Å². The molecule has 2 fully saturated rings. The van der Waals surface area contributed by atoms with Crippen LogP contribution in [0.1, 0.15) is 53.7 Å². The summed E-state index contributed by atoms with van der Waals surface area (Å²) >= 11 is 0. The summed E-state index contributed by atoms with van der Waals surface area (Å²) in [6, 6.07) is 1.22. The lowest BCUT2D eigenvalue weighted by Crippen LogP contribution is -2.52. The molecule has 200 valence electrons. The van der Waals surface area contributed by atoms with Gasteiger partial charge in [-0.05, 0) is 37.5 Å². The molecule has 0 saturated carbocycles. The predicted molar refractivity (Wildman–Crippen MR) is 121 cm³/mol. The second-order valence-electron chi connectivity index (χ2n) is 9.09. The van der Waals surface area contributed by atoms with Crippen molar-refractivity contribution in [3.63, 3.8) is 0 Å². The number of nitrogens with zero attached hydrogens (tertiary/aromatic N) is 2. The fourth-order valence-corrected chi connectivity index (χ4v) is 4.81. The number of nitrogens with one attached hydrogen (secondary N) is 1. The van der Waals surface area contributed by atoms with Gasteiger partial charge < -0.3 is 19.7 Å². The highest BCUT2D eigenvalue weighted by Crippen LogP contribution is 2.37. The average Bonchev–Trinajstić information content (AvgIpc) is 3.27. The Kier molecular flexibility index (Phi) is 7.67. The first-order valence-corrected chi connectivity index (χ1v) is 11.8. The van der Waals surface area contributed by atoms with Gasteiger partial charge in [0.05, 0.1) is 31.9 Å². The molecule has 0 aliphatic carbocycles. The maximum absolute atomic E-state index is 14.8. The van der Waals surface area contributed by atoms with Crippen molar-refractivity contribution in [1.29, 1.82) is 0 Å². The van der Waals surface area contributed by atoms with Crippen LogP contribution in [0.5, 0.6) is 5.88 Å². The van der Waals surface area contributed by atoms with Crippen LogP contribution in [0.2, 0.25) is 0 Å². The van der Waals surface area contributed by atoms with Gasteiger partial charge in [-0.3, -0.25) is 9.59 Å². The van der Waals surface area contributed by atoms with E-state index in [1.54, 1.807) is 0 Å². The van der Waals surface area contributed by atoms with Gasteiger partial charge in [0, 0.05) is 35.3 Å². The van der Waals surface area contributed by atoms with Crippen molar-refractivity contribution in [1.82, 2.24) is 15.2 Å². The van der Waals surface area contributed by atoms with Crippen LogP contribution in [-0.4, -0.2) is 54.1 Å². The molecule has 1 N–H and O–H groups in total. The number of hydrogen-bond donors (Lipinski definition) is 1. The van der Waals surface area contributed by atoms with Crippen molar-refractivity contribution in [2.75, 3.05) is 20.3 Å². The molecule has 0 spiro atoms. The molecule has 2 aliphatic heterocycles. The van der Waals surface area contributed by atoms with Crippen molar-refractivity contribution in [2.24, 2.45) is 5.92 Å². The van der Waals surface area contributed by atoms with Gasteiger partial charge in [0.25, 0.3) is 5.91 Å². The highest BCUT2D eigenvalue weighted by atomic mass is 19.4. The summed E-state index contributed by atoms with van der Waals surface area (Å²) in [6.07, 6.45) is -2.21. The number of likely N-dealkylation sites (tertiary alicyclic amines) is 1. The molecule has 2 aliphatic rings. The summed E-state index contributed by atoms with van der Waals surface area (Å²) in [4.78, 5) is 32.3. The van der Waals surface area contributed by atoms with E-state index in [9.17, 15) is 31.5 Å². The number of hydrogen-bond acceptors (Lipinski definition) is 5. The lowest BCUT2D eigenvalue weighted by molar-refractivity contribution is -0.140. The fourth-order valence-electron chi connectivity index (χ4n) is 4.81. The van der Waals surface area contributed by atoms with E-state index in [0.29, 0.717) is 25.3 Å². The van der Waals surface area contributed by atoms with Crippen LogP contribution < -0.4 is 10.1 Å². The number of aromatic nitrogens is 1. The Balaban J connectivity index is 1.62.